The minimum Gasteiger partial charge on any atom is -0.292 e. The fraction of sp³-hybridized carbons (Fsp3) is 0.806. The Hall–Kier alpha value is -0.820. The summed E-state index contributed by atoms with van der Waals surface area (Å²) in [4.78, 5) is 0. The monoisotopic (exact) mass is 444 g/mol. The van der Waals surface area contributed by atoms with Crippen LogP contribution < -0.4 is 4.48 Å². The predicted octanol–water partition coefficient (Wildman–Crippen LogP) is 10.4. The molecule has 1 nitrogen and oxygen atoms in total. The zero-order valence-corrected chi connectivity index (χ0v) is 22.6. The fourth-order valence-electron chi connectivity index (χ4n) is 5.21. The summed E-state index contributed by atoms with van der Waals surface area (Å²) in [5.74, 6) is 0. The summed E-state index contributed by atoms with van der Waals surface area (Å²) in [6.07, 6.45) is 26.1. The largest absolute Gasteiger partial charge is 0.292 e. The molecule has 0 saturated heterocycles. The first-order valence-electron chi connectivity index (χ1n) is 14.6. The molecule has 0 unspecified atom stereocenters. The van der Waals surface area contributed by atoms with Crippen molar-refractivity contribution in [1.29, 1.82) is 0 Å². The van der Waals surface area contributed by atoms with Gasteiger partial charge in [-0.3, -0.25) is 4.48 Å². The lowest BCUT2D eigenvalue weighted by molar-refractivity contribution is 0.291. The van der Waals surface area contributed by atoms with Crippen LogP contribution in [-0.2, 0) is 0 Å². The summed E-state index contributed by atoms with van der Waals surface area (Å²) in [5, 5.41) is 0. The molecular weight excluding hydrogens is 386 g/mol. The molecule has 0 aromatic heterocycles. The predicted molar refractivity (Wildman–Crippen MR) is 148 cm³/mol. The molecule has 0 aliphatic carbocycles. The lowest BCUT2D eigenvalue weighted by Crippen LogP contribution is -2.49. The minimum absolute atomic E-state index is 1.15. The van der Waals surface area contributed by atoms with Crippen molar-refractivity contribution in [3.63, 3.8) is 0 Å². The lowest BCUT2D eigenvalue weighted by atomic mass is 10.0. The minimum atomic E-state index is 1.15. The summed E-state index contributed by atoms with van der Waals surface area (Å²) < 4.78 is 1.15. The number of hydrogen-bond donors (Lipinski definition) is 0. The Balaban J connectivity index is 1.94. The Morgan fingerprint density at radius 3 is 1.16 bits per heavy atom. The highest BCUT2D eigenvalue weighted by atomic mass is 15.3. The van der Waals surface area contributed by atoms with Gasteiger partial charge in [-0.25, -0.2) is 0 Å². The van der Waals surface area contributed by atoms with Crippen LogP contribution in [-0.4, -0.2) is 19.6 Å². The zero-order valence-electron chi connectivity index (χ0n) is 22.6. The van der Waals surface area contributed by atoms with E-state index in [9.17, 15) is 0 Å². The highest BCUT2D eigenvalue weighted by Gasteiger charge is 2.25. The van der Waals surface area contributed by atoms with Gasteiger partial charge in [0, 0.05) is 0 Å². The third-order valence-corrected chi connectivity index (χ3v) is 7.73. The molecule has 0 atom stereocenters. The second-order valence-electron chi connectivity index (χ2n) is 10.3. The van der Waals surface area contributed by atoms with E-state index in [1.165, 1.54) is 146 Å². The highest BCUT2D eigenvalue weighted by Crippen LogP contribution is 2.25. The van der Waals surface area contributed by atoms with E-state index in [4.69, 9.17) is 0 Å². The molecule has 0 saturated carbocycles. The molecule has 0 fully saturated rings. The first-order chi connectivity index (χ1) is 15.7. The third kappa shape index (κ3) is 13.0. The van der Waals surface area contributed by atoms with E-state index in [0.717, 1.165) is 4.48 Å². The summed E-state index contributed by atoms with van der Waals surface area (Å²) in [7, 11) is 0. The van der Waals surface area contributed by atoms with E-state index in [0.29, 0.717) is 0 Å². The van der Waals surface area contributed by atoms with E-state index in [-0.39, 0.29) is 0 Å². The maximum absolute atomic E-state index is 2.36. The number of hydrogen-bond acceptors (Lipinski definition) is 0. The van der Waals surface area contributed by atoms with Crippen molar-refractivity contribution in [2.24, 2.45) is 0 Å². The van der Waals surface area contributed by atoms with Gasteiger partial charge in [0.15, 0.2) is 0 Å². The molecule has 0 radical (unpaired) electrons. The van der Waals surface area contributed by atoms with E-state index in [1.54, 1.807) is 0 Å². The molecule has 186 valence electrons. The lowest BCUT2D eigenvalue weighted by Gasteiger charge is -2.36. The van der Waals surface area contributed by atoms with Gasteiger partial charge in [-0.1, -0.05) is 127 Å². The fourth-order valence-corrected chi connectivity index (χ4v) is 5.21. The Morgan fingerprint density at radius 2 is 0.812 bits per heavy atom. The number of quaternary nitrogens is 1. The maximum Gasteiger partial charge on any atom is 0.132 e. The molecule has 32 heavy (non-hydrogen) atoms. The molecule has 0 amide bonds. The summed E-state index contributed by atoms with van der Waals surface area (Å²) >= 11 is 0. The van der Waals surface area contributed by atoms with E-state index >= 15 is 0 Å². The van der Waals surface area contributed by atoms with Crippen molar-refractivity contribution < 1.29 is 0 Å². The molecule has 1 aromatic carbocycles. The molecule has 0 bridgehead atoms. The molecule has 0 heterocycles. The maximum atomic E-state index is 2.36. The first-order valence-corrected chi connectivity index (χ1v) is 14.6. The van der Waals surface area contributed by atoms with Crippen LogP contribution >= 0.6 is 0 Å². The number of benzene rings is 1. The smallest absolute Gasteiger partial charge is 0.132 e. The van der Waals surface area contributed by atoms with Crippen LogP contribution in [0.4, 0.5) is 5.69 Å². The second-order valence-corrected chi connectivity index (χ2v) is 10.3. The number of unbranched alkanes of at least 4 members (excludes halogenated alkanes) is 17. The molecule has 0 aliphatic heterocycles. The van der Waals surface area contributed by atoms with Gasteiger partial charge in [-0.05, 0) is 45.7 Å². The van der Waals surface area contributed by atoms with Gasteiger partial charge in [0.2, 0.25) is 0 Å². The van der Waals surface area contributed by atoms with Gasteiger partial charge >= 0.3 is 0 Å². The van der Waals surface area contributed by atoms with Crippen molar-refractivity contribution in [3.05, 3.63) is 29.8 Å². The van der Waals surface area contributed by atoms with Gasteiger partial charge in [0.05, 0.1) is 19.6 Å². The van der Waals surface area contributed by atoms with Crippen LogP contribution in [0.25, 0.3) is 0 Å². The number of rotatable bonds is 22. The normalized spacial score (nSPS) is 11.9. The molecular formula is C31H58N+. The van der Waals surface area contributed by atoms with E-state index < -0.39 is 0 Å². The Bertz CT molecular complexity index is 514. The first kappa shape index (κ1) is 29.2. The van der Waals surface area contributed by atoms with Crippen LogP contribution in [0.15, 0.2) is 24.3 Å². The van der Waals surface area contributed by atoms with Crippen LogP contribution in [0.3, 0.4) is 0 Å². The highest BCUT2D eigenvalue weighted by molar-refractivity contribution is 5.44. The average Bonchev–Trinajstić information content (AvgIpc) is 2.82. The molecule has 1 heteroatoms. The molecule has 0 aliphatic rings. The van der Waals surface area contributed by atoms with Gasteiger partial charge in [0.1, 0.15) is 5.69 Å². The quantitative estimate of drug-likeness (QED) is 0.123. The molecule has 1 aromatic rings. The number of nitrogens with zero attached hydrogens (tertiary/aromatic N) is 1. The summed E-state index contributed by atoms with van der Waals surface area (Å²) in [6, 6.07) is 9.28. The van der Waals surface area contributed by atoms with Crippen LogP contribution in [0.2, 0.25) is 0 Å². The third-order valence-electron chi connectivity index (χ3n) is 7.73. The van der Waals surface area contributed by atoms with Gasteiger partial charge in [-0.15, -0.1) is 0 Å². The van der Waals surface area contributed by atoms with Gasteiger partial charge in [0.25, 0.3) is 0 Å². The SMILES string of the molecule is CCCCCCCCCCCCCCCCCCCC[N+](CC)(CC)c1ccc(C)cc1. The topological polar surface area (TPSA) is 0 Å². The Morgan fingerprint density at radius 1 is 0.469 bits per heavy atom. The van der Waals surface area contributed by atoms with Crippen molar-refractivity contribution in [1.82, 2.24) is 4.48 Å². The van der Waals surface area contributed by atoms with Crippen molar-refractivity contribution in [2.45, 2.75) is 143 Å². The Labute approximate surface area is 203 Å². The van der Waals surface area contributed by atoms with Crippen LogP contribution in [0.1, 0.15) is 142 Å². The van der Waals surface area contributed by atoms with Crippen molar-refractivity contribution in [3.8, 4) is 0 Å². The summed E-state index contributed by atoms with van der Waals surface area (Å²) in [6.45, 7) is 12.9. The van der Waals surface area contributed by atoms with Crippen LogP contribution in [0.5, 0.6) is 0 Å². The second kappa shape index (κ2) is 19.6. The van der Waals surface area contributed by atoms with E-state index in [2.05, 4.69) is 52.0 Å². The molecule has 0 N–H and O–H groups in total. The zero-order chi connectivity index (χ0) is 23.3. The molecule has 0 spiro atoms. The van der Waals surface area contributed by atoms with Crippen LogP contribution in [0, 0.1) is 6.92 Å². The van der Waals surface area contributed by atoms with E-state index in [1.807, 2.05) is 0 Å². The standard InChI is InChI=1S/C31H58N/c1-5-8-9-10-11-12-13-14-15-16-17-18-19-20-21-22-23-24-29-32(6-2,7-3)31-27-25-30(4)26-28-31/h25-28H,5-24,29H2,1-4H3/q+1. The van der Waals surface area contributed by atoms with Gasteiger partial charge < -0.3 is 0 Å². The Kier molecular flexibility index (Phi) is 17.9. The summed E-state index contributed by atoms with van der Waals surface area (Å²) in [5.41, 5.74) is 2.87. The number of aryl methyl sites for hydroxylation is 1. The van der Waals surface area contributed by atoms with Gasteiger partial charge in [-0.2, -0.15) is 0 Å². The van der Waals surface area contributed by atoms with Crippen molar-refractivity contribution >= 4 is 5.69 Å². The van der Waals surface area contributed by atoms with Crippen molar-refractivity contribution in [2.75, 3.05) is 19.6 Å². The molecule has 1 rings (SSSR count). The average molecular weight is 445 g/mol.